The van der Waals surface area contributed by atoms with Crippen molar-refractivity contribution in [3.63, 3.8) is 0 Å². The third kappa shape index (κ3) is 3.89. The molecule has 146 valence electrons. The van der Waals surface area contributed by atoms with Gasteiger partial charge in [-0.3, -0.25) is 4.79 Å². The lowest BCUT2D eigenvalue weighted by atomic mass is 10.1. The van der Waals surface area contributed by atoms with E-state index in [0.717, 1.165) is 22.2 Å². The Kier molecular flexibility index (Phi) is 5.37. The molecule has 29 heavy (non-hydrogen) atoms. The number of carbonyl (C=O) groups is 1. The Morgan fingerprint density at radius 1 is 1.10 bits per heavy atom. The Morgan fingerprint density at radius 3 is 2.79 bits per heavy atom. The molecule has 1 amide bonds. The molecule has 2 aromatic heterocycles. The van der Waals surface area contributed by atoms with Crippen LogP contribution in [0.3, 0.4) is 0 Å². The van der Waals surface area contributed by atoms with E-state index in [9.17, 15) is 9.90 Å². The number of nitrogens with one attached hydrogen (secondary N) is 1. The number of fused-ring (bicyclic) bond motifs is 1. The number of amides is 1. The van der Waals surface area contributed by atoms with Crippen molar-refractivity contribution in [3.05, 3.63) is 89.9 Å². The van der Waals surface area contributed by atoms with Gasteiger partial charge in [0.2, 0.25) is 0 Å². The van der Waals surface area contributed by atoms with Crippen molar-refractivity contribution in [1.29, 1.82) is 0 Å². The molecule has 0 aliphatic carbocycles. The highest BCUT2D eigenvalue weighted by Crippen LogP contribution is 2.23. The molecule has 0 atom stereocenters. The summed E-state index contributed by atoms with van der Waals surface area (Å²) >= 11 is 0. The number of rotatable bonds is 6. The van der Waals surface area contributed by atoms with Crippen molar-refractivity contribution in [1.82, 2.24) is 9.38 Å². The van der Waals surface area contributed by atoms with E-state index in [-0.39, 0.29) is 12.5 Å². The van der Waals surface area contributed by atoms with Crippen molar-refractivity contribution in [2.24, 2.45) is 5.73 Å². The molecule has 2 aromatic carbocycles. The molecule has 4 aromatic rings. The van der Waals surface area contributed by atoms with Gasteiger partial charge < -0.3 is 20.6 Å². The summed E-state index contributed by atoms with van der Waals surface area (Å²) in [5.41, 5.74) is 11.0. The maximum absolute atomic E-state index is 13.1. The number of aliphatic hydroxyl groups is 1. The summed E-state index contributed by atoms with van der Waals surface area (Å²) in [6.07, 6.45) is 4.27. The quantitative estimate of drug-likeness (QED) is 0.474. The van der Waals surface area contributed by atoms with E-state index < -0.39 is 0 Å². The maximum Gasteiger partial charge on any atom is 0.276 e. The van der Waals surface area contributed by atoms with Crippen molar-refractivity contribution < 1.29 is 9.90 Å². The molecule has 0 radical (unpaired) electrons. The van der Waals surface area contributed by atoms with E-state index in [2.05, 4.69) is 10.3 Å². The van der Waals surface area contributed by atoms with Gasteiger partial charge in [-0.25, -0.2) is 4.98 Å². The number of hydrogen-bond acceptors (Lipinski definition) is 4. The Hall–Kier alpha value is -3.48. The lowest BCUT2D eigenvalue weighted by Crippen LogP contribution is -2.17. The van der Waals surface area contributed by atoms with Gasteiger partial charge in [-0.1, -0.05) is 36.4 Å². The van der Waals surface area contributed by atoms with Crippen LogP contribution in [-0.4, -0.2) is 27.0 Å². The van der Waals surface area contributed by atoms with Crippen molar-refractivity contribution >= 4 is 17.1 Å². The standard InChI is InChI=1S/C23H22N4O2/c24-14-16-5-3-7-18(13-16)20-15-27-11-4-9-21(27)22(25-20)23(29)26-19-8-2-1-6-17(19)10-12-28/h1-9,11,13,15,28H,10,12,14,24H2,(H,26,29). The number of nitrogens with zero attached hydrogens (tertiary/aromatic N) is 2. The normalized spacial score (nSPS) is 11.0. The summed E-state index contributed by atoms with van der Waals surface area (Å²) in [5, 5.41) is 12.2. The molecule has 0 saturated carbocycles. The number of carbonyl (C=O) groups excluding carboxylic acids is 1. The Balaban J connectivity index is 1.75. The molecule has 0 aliphatic rings. The van der Waals surface area contributed by atoms with Gasteiger partial charge in [-0.2, -0.15) is 0 Å². The molecule has 0 fully saturated rings. The minimum Gasteiger partial charge on any atom is -0.396 e. The molecule has 0 bridgehead atoms. The zero-order valence-electron chi connectivity index (χ0n) is 15.9. The zero-order valence-corrected chi connectivity index (χ0v) is 15.9. The third-order valence-corrected chi connectivity index (χ3v) is 4.84. The van der Waals surface area contributed by atoms with Crippen LogP contribution in [0, 0.1) is 0 Å². The van der Waals surface area contributed by atoms with Gasteiger partial charge in [-0.15, -0.1) is 0 Å². The van der Waals surface area contributed by atoms with Crippen LogP contribution in [0.5, 0.6) is 0 Å². The first-order chi connectivity index (χ1) is 14.2. The lowest BCUT2D eigenvalue weighted by molar-refractivity contribution is 0.102. The number of aliphatic hydroxyl groups excluding tert-OH is 1. The summed E-state index contributed by atoms with van der Waals surface area (Å²) in [7, 11) is 0. The van der Waals surface area contributed by atoms with Crippen LogP contribution in [0.2, 0.25) is 0 Å². The number of anilines is 1. The van der Waals surface area contributed by atoms with Crippen LogP contribution in [0.25, 0.3) is 16.8 Å². The van der Waals surface area contributed by atoms with Gasteiger partial charge in [-0.05, 0) is 41.8 Å². The number of hydrogen-bond donors (Lipinski definition) is 3. The fourth-order valence-corrected chi connectivity index (χ4v) is 3.37. The first kappa shape index (κ1) is 18.9. The average molecular weight is 386 g/mol. The van der Waals surface area contributed by atoms with Gasteiger partial charge in [0.1, 0.15) is 0 Å². The molecular formula is C23H22N4O2. The van der Waals surface area contributed by atoms with Crippen LogP contribution in [0.15, 0.2) is 73.1 Å². The second-order valence-corrected chi connectivity index (χ2v) is 6.76. The highest BCUT2D eigenvalue weighted by atomic mass is 16.3. The zero-order chi connectivity index (χ0) is 20.2. The molecule has 4 N–H and O–H groups in total. The van der Waals surface area contributed by atoms with Crippen LogP contribution in [0.4, 0.5) is 5.69 Å². The number of nitrogens with two attached hydrogens (primary N) is 1. The molecule has 0 spiro atoms. The van der Waals surface area contributed by atoms with Crippen molar-refractivity contribution in [3.8, 4) is 11.3 Å². The van der Waals surface area contributed by atoms with E-state index >= 15 is 0 Å². The van der Waals surface area contributed by atoms with E-state index in [1.54, 1.807) is 0 Å². The fourth-order valence-electron chi connectivity index (χ4n) is 3.37. The molecule has 0 aliphatic heterocycles. The summed E-state index contributed by atoms with van der Waals surface area (Å²) < 4.78 is 1.89. The van der Waals surface area contributed by atoms with Crippen molar-refractivity contribution in [2.75, 3.05) is 11.9 Å². The number of aromatic nitrogens is 2. The van der Waals surface area contributed by atoms with Gasteiger partial charge in [0.25, 0.3) is 5.91 Å². The second kappa shape index (κ2) is 8.26. The summed E-state index contributed by atoms with van der Waals surface area (Å²) in [4.78, 5) is 17.8. The van der Waals surface area contributed by atoms with Gasteiger partial charge in [0.15, 0.2) is 5.69 Å². The second-order valence-electron chi connectivity index (χ2n) is 6.76. The molecule has 4 rings (SSSR count). The van der Waals surface area contributed by atoms with Crippen molar-refractivity contribution in [2.45, 2.75) is 13.0 Å². The summed E-state index contributed by atoms with van der Waals surface area (Å²) in [5.74, 6) is -0.295. The van der Waals surface area contributed by atoms with Gasteiger partial charge >= 0.3 is 0 Å². The van der Waals surface area contributed by atoms with Crippen LogP contribution in [0.1, 0.15) is 21.6 Å². The third-order valence-electron chi connectivity index (χ3n) is 4.84. The predicted molar refractivity (Wildman–Crippen MR) is 114 cm³/mol. The van der Waals surface area contributed by atoms with Gasteiger partial charge in [0, 0.05) is 36.8 Å². The number of para-hydroxylation sites is 1. The maximum atomic E-state index is 13.1. The van der Waals surface area contributed by atoms with Crippen LogP contribution in [-0.2, 0) is 13.0 Å². The van der Waals surface area contributed by atoms with Crippen LogP contribution < -0.4 is 11.1 Å². The fraction of sp³-hybridized carbons (Fsp3) is 0.130. The van der Waals surface area contributed by atoms with E-state index in [4.69, 9.17) is 5.73 Å². The molecular weight excluding hydrogens is 364 g/mol. The largest absolute Gasteiger partial charge is 0.396 e. The first-order valence-electron chi connectivity index (χ1n) is 9.47. The van der Waals surface area contributed by atoms with E-state index in [0.29, 0.717) is 30.0 Å². The predicted octanol–water partition coefficient (Wildman–Crippen LogP) is 3.25. The average Bonchev–Trinajstić information content (AvgIpc) is 3.23. The number of benzene rings is 2. The minimum atomic E-state index is -0.295. The smallest absolute Gasteiger partial charge is 0.276 e. The Bertz CT molecular complexity index is 1170. The molecule has 6 heteroatoms. The van der Waals surface area contributed by atoms with Crippen LogP contribution >= 0.6 is 0 Å². The lowest BCUT2D eigenvalue weighted by Gasteiger charge is -2.12. The minimum absolute atomic E-state index is 0.0149. The summed E-state index contributed by atoms with van der Waals surface area (Å²) in [6, 6.07) is 19.0. The SMILES string of the molecule is NCc1cccc(-c2cn3cccc3c(C(=O)Nc3ccccc3CCO)n2)c1. The Labute approximate surface area is 168 Å². The van der Waals surface area contributed by atoms with E-state index in [1.165, 1.54) is 0 Å². The highest BCUT2D eigenvalue weighted by molar-refractivity contribution is 6.08. The molecule has 2 heterocycles. The summed E-state index contributed by atoms with van der Waals surface area (Å²) in [6.45, 7) is 0.454. The van der Waals surface area contributed by atoms with Gasteiger partial charge in [0.05, 0.1) is 11.2 Å². The van der Waals surface area contributed by atoms with E-state index in [1.807, 2.05) is 77.5 Å². The monoisotopic (exact) mass is 386 g/mol. The molecule has 6 nitrogen and oxygen atoms in total. The first-order valence-corrected chi connectivity index (χ1v) is 9.47. The Morgan fingerprint density at radius 2 is 1.97 bits per heavy atom. The highest BCUT2D eigenvalue weighted by Gasteiger charge is 2.16. The molecule has 0 unspecified atom stereocenters. The molecule has 0 saturated heterocycles. The topological polar surface area (TPSA) is 92.7 Å².